The van der Waals surface area contributed by atoms with Crippen molar-refractivity contribution < 1.29 is 38.8 Å². The lowest BCUT2D eigenvalue weighted by atomic mass is 9.59. The van der Waals surface area contributed by atoms with Crippen LogP contribution in [-0.2, 0) is 28.6 Å². The Hall–Kier alpha value is -1.93. The summed E-state index contributed by atoms with van der Waals surface area (Å²) in [5, 5.41) is 21.7. The predicted octanol–water partition coefficient (Wildman–Crippen LogP) is 0.245. The lowest BCUT2D eigenvalue weighted by molar-refractivity contribution is -0.219. The molecule has 2 saturated carbocycles. The highest BCUT2D eigenvalue weighted by molar-refractivity contribution is 5.93. The number of aliphatic hydroxyl groups excluding tert-OH is 1. The van der Waals surface area contributed by atoms with Crippen LogP contribution in [0.2, 0.25) is 0 Å². The molecule has 0 aromatic carbocycles. The van der Waals surface area contributed by atoms with Crippen LogP contribution < -0.4 is 0 Å². The van der Waals surface area contributed by atoms with Gasteiger partial charge in [-0.25, -0.2) is 4.79 Å². The first-order valence-electron chi connectivity index (χ1n) is 8.76. The molecule has 144 valence electrons. The van der Waals surface area contributed by atoms with Crippen molar-refractivity contribution in [2.45, 2.75) is 63.9 Å². The first-order valence-corrected chi connectivity index (χ1v) is 8.76. The Labute approximate surface area is 151 Å². The Morgan fingerprint density at radius 1 is 1.31 bits per heavy atom. The van der Waals surface area contributed by atoms with Crippen LogP contribution in [-0.4, -0.2) is 58.6 Å². The number of esters is 3. The van der Waals surface area contributed by atoms with Crippen molar-refractivity contribution in [3.8, 4) is 0 Å². The number of carbonyl (C=O) groups is 3. The molecule has 0 saturated heterocycles. The van der Waals surface area contributed by atoms with E-state index in [2.05, 4.69) is 0 Å². The zero-order valence-electron chi connectivity index (χ0n) is 15.1. The molecule has 2 fully saturated rings. The zero-order chi connectivity index (χ0) is 19.2. The Bertz CT molecular complexity index is 664. The molecule has 0 amide bonds. The van der Waals surface area contributed by atoms with Gasteiger partial charge in [0.05, 0.1) is 11.7 Å². The van der Waals surface area contributed by atoms with E-state index in [0.29, 0.717) is 24.0 Å². The molecule has 2 N–H and O–H groups in total. The quantitative estimate of drug-likeness (QED) is 0.537. The maximum atomic E-state index is 12.3. The number of carbonyl (C=O) groups excluding carboxylic acids is 3. The number of aliphatic hydroxyl groups is 2. The normalized spacial score (nSPS) is 39.0. The van der Waals surface area contributed by atoms with Crippen LogP contribution in [0.15, 0.2) is 11.1 Å². The summed E-state index contributed by atoms with van der Waals surface area (Å²) in [5.41, 5.74) is -0.486. The number of ether oxygens (including phenoxy) is 3. The third-order valence-corrected chi connectivity index (χ3v) is 5.75. The van der Waals surface area contributed by atoms with Gasteiger partial charge in [-0.05, 0) is 31.3 Å². The Kier molecular flexibility index (Phi) is 4.83. The molecule has 0 radical (unpaired) electrons. The van der Waals surface area contributed by atoms with Gasteiger partial charge in [0, 0.05) is 26.2 Å². The molecule has 1 aliphatic heterocycles. The van der Waals surface area contributed by atoms with Crippen molar-refractivity contribution in [3.05, 3.63) is 11.1 Å². The summed E-state index contributed by atoms with van der Waals surface area (Å²) in [6.45, 7) is 3.87. The van der Waals surface area contributed by atoms with Gasteiger partial charge in [0.1, 0.15) is 24.4 Å². The smallest absolute Gasteiger partial charge is 0.338 e. The van der Waals surface area contributed by atoms with Crippen molar-refractivity contribution in [3.63, 3.8) is 0 Å². The molecule has 2 aliphatic carbocycles. The van der Waals surface area contributed by atoms with Crippen LogP contribution >= 0.6 is 0 Å². The molecule has 6 atom stereocenters. The Morgan fingerprint density at radius 3 is 2.62 bits per heavy atom. The van der Waals surface area contributed by atoms with Gasteiger partial charge in [-0.15, -0.1) is 0 Å². The topological polar surface area (TPSA) is 119 Å². The summed E-state index contributed by atoms with van der Waals surface area (Å²) < 4.78 is 15.7. The molecule has 8 nitrogen and oxygen atoms in total. The first-order chi connectivity index (χ1) is 12.1. The summed E-state index contributed by atoms with van der Waals surface area (Å²) in [7, 11) is 0. The van der Waals surface area contributed by atoms with Crippen LogP contribution in [0.5, 0.6) is 0 Å². The summed E-state index contributed by atoms with van der Waals surface area (Å²) in [5.74, 6) is -2.53. The minimum Gasteiger partial charge on any atom is -0.461 e. The molecule has 6 unspecified atom stereocenters. The average molecular weight is 368 g/mol. The monoisotopic (exact) mass is 368 g/mol. The SMILES string of the molecule is CC(=O)OCC1=C2CCC3C(O)CC(OC(C)=O)C(C)(O)C3C2OC1=O. The maximum Gasteiger partial charge on any atom is 0.338 e. The average Bonchev–Trinajstić information content (AvgIpc) is 2.84. The molecular formula is C18H24O8. The summed E-state index contributed by atoms with van der Waals surface area (Å²) in [6, 6.07) is 0. The molecule has 0 aromatic heterocycles. The van der Waals surface area contributed by atoms with Gasteiger partial charge in [0.15, 0.2) is 0 Å². The fraction of sp³-hybridized carbons (Fsp3) is 0.722. The van der Waals surface area contributed by atoms with E-state index in [0.717, 1.165) is 0 Å². The highest BCUT2D eigenvalue weighted by atomic mass is 16.6. The van der Waals surface area contributed by atoms with Crippen LogP contribution in [0.1, 0.15) is 40.0 Å². The van der Waals surface area contributed by atoms with E-state index < -0.39 is 47.7 Å². The van der Waals surface area contributed by atoms with Gasteiger partial charge in [0.25, 0.3) is 0 Å². The van der Waals surface area contributed by atoms with Gasteiger partial charge < -0.3 is 24.4 Å². The van der Waals surface area contributed by atoms with E-state index in [-0.39, 0.29) is 18.9 Å². The standard InChI is InChI=1S/C18H24O8/c1-8(19)24-7-12-10-4-5-11-13(21)6-14(25-9(2)20)18(3,23)15(11)16(10)26-17(12)22/h11,13-16,21,23H,4-7H2,1-3H3. The van der Waals surface area contributed by atoms with E-state index in [9.17, 15) is 24.6 Å². The van der Waals surface area contributed by atoms with Crippen molar-refractivity contribution in [2.24, 2.45) is 11.8 Å². The lowest BCUT2D eigenvalue weighted by Gasteiger charge is -2.52. The van der Waals surface area contributed by atoms with E-state index in [1.807, 2.05) is 0 Å². The van der Waals surface area contributed by atoms with Crippen molar-refractivity contribution in [1.29, 1.82) is 0 Å². The van der Waals surface area contributed by atoms with E-state index >= 15 is 0 Å². The molecule has 26 heavy (non-hydrogen) atoms. The summed E-state index contributed by atoms with van der Waals surface area (Å²) >= 11 is 0. The van der Waals surface area contributed by atoms with Crippen molar-refractivity contribution in [1.82, 2.24) is 0 Å². The number of fused-ring (bicyclic) bond motifs is 3. The van der Waals surface area contributed by atoms with Crippen molar-refractivity contribution >= 4 is 17.9 Å². The minimum absolute atomic E-state index is 0.133. The van der Waals surface area contributed by atoms with E-state index in [4.69, 9.17) is 14.2 Å². The summed E-state index contributed by atoms with van der Waals surface area (Å²) in [4.78, 5) is 34.7. The summed E-state index contributed by atoms with van der Waals surface area (Å²) in [6.07, 6.45) is -1.20. The minimum atomic E-state index is -1.47. The Balaban J connectivity index is 1.93. The molecule has 0 spiro atoms. The largest absolute Gasteiger partial charge is 0.461 e. The van der Waals surface area contributed by atoms with Crippen molar-refractivity contribution in [2.75, 3.05) is 6.61 Å². The van der Waals surface area contributed by atoms with Crippen LogP contribution in [0, 0.1) is 11.8 Å². The van der Waals surface area contributed by atoms with Crippen LogP contribution in [0.25, 0.3) is 0 Å². The second kappa shape index (κ2) is 6.66. The van der Waals surface area contributed by atoms with Gasteiger partial charge in [-0.1, -0.05) is 0 Å². The number of hydrogen-bond donors (Lipinski definition) is 2. The Morgan fingerprint density at radius 2 is 2.00 bits per heavy atom. The molecule has 8 heteroatoms. The molecule has 3 rings (SSSR count). The van der Waals surface area contributed by atoms with Gasteiger partial charge in [-0.3, -0.25) is 9.59 Å². The fourth-order valence-corrected chi connectivity index (χ4v) is 4.58. The molecular weight excluding hydrogens is 344 g/mol. The third kappa shape index (κ3) is 3.12. The second-order valence-corrected chi connectivity index (χ2v) is 7.47. The van der Waals surface area contributed by atoms with Gasteiger partial charge in [0.2, 0.25) is 0 Å². The fourth-order valence-electron chi connectivity index (χ4n) is 4.58. The third-order valence-electron chi connectivity index (χ3n) is 5.75. The maximum absolute atomic E-state index is 12.3. The predicted molar refractivity (Wildman–Crippen MR) is 86.6 cm³/mol. The van der Waals surface area contributed by atoms with Crippen LogP contribution in [0.4, 0.5) is 0 Å². The molecule has 0 bridgehead atoms. The second-order valence-electron chi connectivity index (χ2n) is 7.47. The zero-order valence-corrected chi connectivity index (χ0v) is 15.1. The van der Waals surface area contributed by atoms with E-state index in [1.165, 1.54) is 13.8 Å². The van der Waals surface area contributed by atoms with Gasteiger partial charge >= 0.3 is 17.9 Å². The molecule has 0 aromatic rings. The highest BCUT2D eigenvalue weighted by Crippen LogP contribution is 2.52. The highest BCUT2D eigenvalue weighted by Gasteiger charge is 2.60. The first kappa shape index (κ1) is 18.8. The molecule has 1 heterocycles. The number of rotatable bonds is 3. The molecule has 3 aliphatic rings. The van der Waals surface area contributed by atoms with Gasteiger partial charge in [-0.2, -0.15) is 0 Å². The van der Waals surface area contributed by atoms with E-state index in [1.54, 1.807) is 6.92 Å². The lowest BCUT2D eigenvalue weighted by Crippen LogP contribution is -2.63. The number of hydrogen-bond acceptors (Lipinski definition) is 8. The van der Waals surface area contributed by atoms with Crippen LogP contribution in [0.3, 0.4) is 0 Å².